The van der Waals surface area contributed by atoms with Crippen molar-refractivity contribution in [3.8, 4) is 0 Å². The van der Waals surface area contributed by atoms with Gasteiger partial charge < -0.3 is 14.5 Å². The molecule has 30 heavy (non-hydrogen) atoms. The summed E-state index contributed by atoms with van der Waals surface area (Å²) in [4.78, 5) is 17.8. The van der Waals surface area contributed by atoms with Gasteiger partial charge in [0.1, 0.15) is 6.61 Å². The summed E-state index contributed by atoms with van der Waals surface area (Å²) >= 11 is 0. The molecule has 4 heteroatoms. The van der Waals surface area contributed by atoms with E-state index < -0.39 is 0 Å². The van der Waals surface area contributed by atoms with E-state index in [4.69, 9.17) is 4.74 Å². The molecule has 0 spiro atoms. The summed E-state index contributed by atoms with van der Waals surface area (Å²) in [6, 6.07) is 10.3. The topological polar surface area (TPSA) is 32.8 Å². The molecule has 1 fully saturated rings. The van der Waals surface area contributed by atoms with Gasteiger partial charge >= 0.3 is 6.09 Å². The molecular weight excluding hydrogens is 372 g/mol. The highest BCUT2D eigenvalue weighted by molar-refractivity contribution is 5.68. The van der Waals surface area contributed by atoms with E-state index in [1.54, 1.807) is 0 Å². The predicted molar refractivity (Wildman–Crippen MR) is 126 cm³/mol. The molecule has 1 aromatic carbocycles. The first-order valence-corrected chi connectivity index (χ1v) is 12.3. The Bertz CT molecular complexity index is 560. The molecule has 1 amide bonds. The Balaban J connectivity index is 2.05. The predicted octanol–water partition coefficient (Wildman–Crippen LogP) is 6.50. The Labute approximate surface area is 185 Å². The summed E-state index contributed by atoms with van der Waals surface area (Å²) in [5, 5.41) is 0. The molecule has 0 N–H and O–H groups in total. The van der Waals surface area contributed by atoms with Gasteiger partial charge in [-0.25, -0.2) is 4.79 Å². The number of nitrogens with zero attached hydrogens (tertiary/aromatic N) is 2. The number of hydrogen-bond donors (Lipinski definition) is 0. The van der Waals surface area contributed by atoms with Crippen LogP contribution in [0.25, 0.3) is 0 Å². The minimum absolute atomic E-state index is 0.115. The number of carbonyl (C=O) groups excluding carboxylic acids is 1. The first-order chi connectivity index (χ1) is 14.6. The van der Waals surface area contributed by atoms with E-state index in [1.165, 1.54) is 51.4 Å². The van der Waals surface area contributed by atoms with Crippen LogP contribution in [0.5, 0.6) is 0 Å². The standard InChI is InChI=1S/C26H44N2O2/c1-4-6-9-15-25(16-10-7-5-2)28(21-23-17-19-27(3)20-18-23)26(29)30-22-24-13-11-8-12-14-24/h8,11-14,23,25H,4-7,9-10,15-22H2,1-3H3. The van der Waals surface area contributed by atoms with Crippen molar-refractivity contribution in [2.75, 3.05) is 26.7 Å². The van der Waals surface area contributed by atoms with Gasteiger partial charge in [0.15, 0.2) is 0 Å². The average molecular weight is 417 g/mol. The van der Waals surface area contributed by atoms with Crippen LogP contribution < -0.4 is 0 Å². The maximum atomic E-state index is 13.3. The maximum absolute atomic E-state index is 13.3. The molecule has 170 valence electrons. The van der Waals surface area contributed by atoms with Crippen LogP contribution in [0.4, 0.5) is 4.79 Å². The summed E-state index contributed by atoms with van der Waals surface area (Å²) in [6.07, 6.45) is 11.8. The largest absolute Gasteiger partial charge is 0.445 e. The highest BCUT2D eigenvalue weighted by Gasteiger charge is 2.28. The summed E-state index contributed by atoms with van der Waals surface area (Å²) in [6.45, 7) is 7.97. The number of carbonyl (C=O) groups is 1. The fraction of sp³-hybridized carbons (Fsp3) is 0.731. The number of rotatable bonds is 13. The van der Waals surface area contributed by atoms with E-state index in [2.05, 4.69) is 30.7 Å². The first-order valence-electron chi connectivity index (χ1n) is 12.3. The Morgan fingerprint density at radius 3 is 2.20 bits per heavy atom. The normalized spacial score (nSPS) is 15.5. The van der Waals surface area contributed by atoms with Gasteiger partial charge in [-0.2, -0.15) is 0 Å². The lowest BCUT2D eigenvalue weighted by molar-refractivity contribution is 0.0608. The Morgan fingerprint density at radius 1 is 1.03 bits per heavy atom. The smallest absolute Gasteiger partial charge is 0.410 e. The summed E-state index contributed by atoms with van der Waals surface area (Å²) in [5.41, 5.74) is 1.05. The van der Waals surface area contributed by atoms with Gasteiger partial charge in [0, 0.05) is 12.6 Å². The van der Waals surface area contributed by atoms with E-state index in [1.807, 2.05) is 30.3 Å². The zero-order valence-electron chi connectivity index (χ0n) is 19.7. The number of benzene rings is 1. The van der Waals surface area contributed by atoms with Crippen LogP contribution in [0.1, 0.15) is 83.6 Å². The van der Waals surface area contributed by atoms with Crippen molar-refractivity contribution in [2.24, 2.45) is 5.92 Å². The molecule has 4 nitrogen and oxygen atoms in total. The molecule has 0 aromatic heterocycles. The lowest BCUT2D eigenvalue weighted by Crippen LogP contribution is -2.45. The highest BCUT2D eigenvalue weighted by atomic mass is 16.6. The van der Waals surface area contributed by atoms with Gasteiger partial charge in [-0.3, -0.25) is 0 Å². The lowest BCUT2D eigenvalue weighted by atomic mass is 9.94. The van der Waals surface area contributed by atoms with Crippen molar-refractivity contribution in [3.05, 3.63) is 35.9 Å². The second-order valence-electron chi connectivity index (χ2n) is 9.08. The van der Waals surface area contributed by atoms with Crippen molar-refractivity contribution in [1.82, 2.24) is 9.80 Å². The molecule has 1 aromatic rings. The third kappa shape index (κ3) is 9.07. The van der Waals surface area contributed by atoms with Gasteiger partial charge in [0.2, 0.25) is 0 Å². The highest BCUT2D eigenvalue weighted by Crippen LogP contribution is 2.24. The quantitative estimate of drug-likeness (QED) is 0.344. The SMILES string of the molecule is CCCCCC(CCCCC)N(CC1CCN(C)CC1)C(=O)OCc1ccccc1. The van der Waals surface area contributed by atoms with Gasteiger partial charge in [-0.15, -0.1) is 0 Å². The van der Waals surface area contributed by atoms with Crippen LogP contribution in [0.3, 0.4) is 0 Å². The summed E-state index contributed by atoms with van der Waals surface area (Å²) in [5.74, 6) is 0.588. The molecule has 0 bridgehead atoms. The average Bonchev–Trinajstić information content (AvgIpc) is 2.77. The number of likely N-dealkylation sites (tertiary alicyclic amines) is 1. The lowest BCUT2D eigenvalue weighted by Gasteiger charge is -2.37. The van der Waals surface area contributed by atoms with E-state index in [-0.39, 0.29) is 6.09 Å². The van der Waals surface area contributed by atoms with E-state index in [0.29, 0.717) is 18.6 Å². The Morgan fingerprint density at radius 2 is 1.63 bits per heavy atom. The third-order valence-electron chi connectivity index (χ3n) is 6.46. The number of ether oxygens (including phenoxy) is 1. The molecule has 0 radical (unpaired) electrons. The summed E-state index contributed by atoms with van der Waals surface area (Å²) in [7, 11) is 2.19. The molecule has 0 saturated carbocycles. The number of piperidine rings is 1. The molecule has 2 rings (SSSR count). The van der Waals surface area contributed by atoms with Crippen molar-refractivity contribution in [2.45, 2.75) is 90.7 Å². The van der Waals surface area contributed by atoms with Crippen LogP contribution in [0.2, 0.25) is 0 Å². The third-order valence-corrected chi connectivity index (χ3v) is 6.46. The number of hydrogen-bond acceptors (Lipinski definition) is 3. The minimum Gasteiger partial charge on any atom is -0.445 e. The second kappa shape index (κ2) is 14.5. The van der Waals surface area contributed by atoms with Gasteiger partial charge in [-0.05, 0) is 57.3 Å². The van der Waals surface area contributed by atoms with Crippen molar-refractivity contribution >= 4 is 6.09 Å². The Kier molecular flexibility index (Phi) is 11.9. The summed E-state index contributed by atoms with van der Waals surface area (Å²) < 4.78 is 5.82. The van der Waals surface area contributed by atoms with Crippen LogP contribution >= 0.6 is 0 Å². The van der Waals surface area contributed by atoms with Crippen LogP contribution in [-0.4, -0.2) is 48.6 Å². The monoisotopic (exact) mass is 416 g/mol. The fourth-order valence-electron chi connectivity index (χ4n) is 4.41. The van der Waals surface area contributed by atoms with Crippen molar-refractivity contribution < 1.29 is 9.53 Å². The molecule has 0 aliphatic carbocycles. The molecule has 1 heterocycles. The molecule has 0 unspecified atom stereocenters. The van der Waals surface area contributed by atoms with Crippen LogP contribution in [0.15, 0.2) is 30.3 Å². The van der Waals surface area contributed by atoms with Crippen LogP contribution in [0, 0.1) is 5.92 Å². The zero-order chi connectivity index (χ0) is 21.6. The zero-order valence-corrected chi connectivity index (χ0v) is 19.7. The van der Waals surface area contributed by atoms with Crippen molar-refractivity contribution in [1.29, 1.82) is 0 Å². The molecular formula is C26H44N2O2. The molecule has 1 aliphatic rings. The minimum atomic E-state index is -0.115. The van der Waals surface area contributed by atoms with Gasteiger partial charge in [0.25, 0.3) is 0 Å². The molecule has 1 saturated heterocycles. The van der Waals surface area contributed by atoms with Gasteiger partial charge in [-0.1, -0.05) is 82.7 Å². The van der Waals surface area contributed by atoms with E-state index in [0.717, 1.165) is 38.0 Å². The molecule has 1 aliphatic heterocycles. The maximum Gasteiger partial charge on any atom is 0.410 e. The number of unbranched alkanes of at least 4 members (excludes halogenated alkanes) is 4. The van der Waals surface area contributed by atoms with E-state index >= 15 is 0 Å². The van der Waals surface area contributed by atoms with Crippen molar-refractivity contribution in [3.63, 3.8) is 0 Å². The fourth-order valence-corrected chi connectivity index (χ4v) is 4.41. The Hall–Kier alpha value is -1.55. The first kappa shape index (κ1) is 24.7. The van der Waals surface area contributed by atoms with E-state index in [9.17, 15) is 4.79 Å². The second-order valence-corrected chi connectivity index (χ2v) is 9.08. The van der Waals surface area contributed by atoms with Crippen LogP contribution in [-0.2, 0) is 11.3 Å². The molecule has 0 atom stereocenters. The van der Waals surface area contributed by atoms with Gasteiger partial charge in [0.05, 0.1) is 0 Å². The number of amides is 1.